The van der Waals surface area contributed by atoms with Crippen LogP contribution in [0.15, 0.2) is 66.7 Å². The fourth-order valence-electron chi connectivity index (χ4n) is 5.85. The van der Waals surface area contributed by atoms with E-state index in [0.29, 0.717) is 0 Å². The molecule has 2 aliphatic carbocycles. The molecule has 0 N–H and O–H groups in total. The summed E-state index contributed by atoms with van der Waals surface area (Å²) in [6.45, 7) is 18.7. The maximum atomic E-state index is 2.51. The molecule has 0 saturated carbocycles. The number of rotatable bonds is 2. The van der Waals surface area contributed by atoms with E-state index in [1.165, 1.54) is 94.1 Å². The monoisotopic (exact) mass is 617 g/mol. The Morgan fingerprint density at radius 3 is 2.00 bits per heavy atom. The van der Waals surface area contributed by atoms with Crippen LogP contribution in [0.1, 0.15) is 89.6 Å². The zero-order valence-electron chi connectivity index (χ0n) is 23.8. The van der Waals surface area contributed by atoms with Crippen LogP contribution in [0.4, 0.5) is 0 Å². The van der Waals surface area contributed by atoms with Gasteiger partial charge in [0.1, 0.15) is 0 Å². The second-order valence-corrected chi connectivity index (χ2v) is 13.8. The predicted octanol–water partition coefficient (Wildman–Crippen LogP) is 2.03. The van der Waals surface area contributed by atoms with Gasteiger partial charge in [-0.2, -0.15) is 0 Å². The van der Waals surface area contributed by atoms with Gasteiger partial charge in [0.2, 0.25) is 0 Å². The van der Waals surface area contributed by atoms with E-state index in [4.69, 9.17) is 0 Å². The Kier molecular flexibility index (Phi) is 9.00. The molecule has 38 heavy (non-hydrogen) atoms. The first-order valence-electron chi connectivity index (χ1n) is 13.1. The van der Waals surface area contributed by atoms with Gasteiger partial charge in [0.25, 0.3) is 0 Å². The molecule has 0 saturated heterocycles. The predicted molar refractivity (Wildman–Crippen MR) is 153 cm³/mol. The van der Waals surface area contributed by atoms with Gasteiger partial charge in [-0.05, 0) is 0 Å². The minimum absolute atomic E-state index is 0. The Morgan fingerprint density at radius 1 is 0.763 bits per heavy atom. The first-order chi connectivity index (χ1) is 16.9. The third-order valence-corrected chi connectivity index (χ3v) is 8.91. The molecule has 0 atom stereocenters. The molecule has 0 spiro atoms. The number of halogens is 2. The minimum Gasteiger partial charge on any atom is -1.00 e. The van der Waals surface area contributed by atoms with Crippen LogP contribution >= 0.6 is 0 Å². The largest absolute Gasteiger partial charge is 1.00 e. The van der Waals surface area contributed by atoms with Crippen LogP contribution < -0.4 is 35.3 Å². The summed E-state index contributed by atoms with van der Waals surface area (Å²) in [6.07, 6.45) is 5.69. The van der Waals surface area contributed by atoms with Crippen molar-refractivity contribution >= 4 is 20.0 Å². The summed E-state index contributed by atoms with van der Waals surface area (Å²) in [5.74, 6) is 0. The SMILES string of the molecule is CC(C)=c1cc2c(c(C3=C(c4ccccc4)C=CC3)c1C(C)(C)C)=[C]([Zr+2])c1cc(C(C)(C)C)ccc1-2.[Cl-].[Cl-]. The van der Waals surface area contributed by atoms with E-state index in [2.05, 4.69) is 122 Å². The van der Waals surface area contributed by atoms with Gasteiger partial charge in [-0.25, -0.2) is 0 Å². The first-order valence-corrected chi connectivity index (χ1v) is 14.3. The molecular weight excluding hydrogens is 583 g/mol. The molecule has 0 amide bonds. The summed E-state index contributed by atoms with van der Waals surface area (Å²) in [5, 5.41) is 2.90. The molecular formula is C35H37Cl2Zr. The molecule has 0 heterocycles. The fraction of sp³-hybridized carbons (Fsp3) is 0.314. The summed E-state index contributed by atoms with van der Waals surface area (Å²) in [4.78, 5) is 0. The number of hydrogen-bond donors (Lipinski definition) is 0. The maximum Gasteiger partial charge on any atom is -1.00 e. The smallest absolute Gasteiger partial charge is 1.00 e. The average Bonchev–Trinajstić information content (AvgIpc) is 3.40. The third-order valence-electron chi connectivity index (χ3n) is 7.63. The van der Waals surface area contributed by atoms with Gasteiger partial charge in [-0.3, -0.25) is 0 Å². The topological polar surface area (TPSA) is 0 Å². The molecule has 0 aromatic heterocycles. The quantitative estimate of drug-likeness (QED) is 0.412. The van der Waals surface area contributed by atoms with E-state index in [-0.39, 0.29) is 35.6 Å². The van der Waals surface area contributed by atoms with Crippen molar-refractivity contribution < 1.29 is 49.5 Å². The fourth-order valence-corrected chi connectivity index (χ4v) is 6.99. The van der Waals surface area contributed by atoms with Gasteiger partial charge in [0.05, 0.1) is 0 Å². The van der Waals surface area contributed by atoms with E-state index in [1.807, 2.05) is 0 Å². The molecule has 3 aromatic rings. The Balaban J connectivity index is 0.00000200. The Labute approximate surface area is 256 Å². The van der Waals surface area contributed by atoms with Crippen LogP contribution in [-0.2, 0) is 35.5 Å². The first kappa shape index (κ1) is 30.9. The van der Waals surface area contributed by atoms with Crippen molar-refractivity contribution in [2.24, 2.45) is 0 Å². The minimum atomic E-state index is 0. The van der Waals surface area contributed by atoms with Crippen molar-refractivity contribution in [2.45, 2.75) is 72.6 Å². The zero-order valence-corrected chi connectivity index (χ0v) is 27.8. The molecule has 5 rings (SSSR count). The van der Waals surface area contributed by atoms with E-state index in [0.717, 1.165) is 6.42 Å². The number of fused-ring (bicyclic) bond motifs is 3. The van der Waals surface area contributed by atoms with Crippen LogP contribution in [-0.4, -0.2) is 0 Å². The molecule has 0 fully saturated rings. The second-order valence-electron chi connectivity index (χ2n) is 12.6. The van der Waals surface area contributed by atoms with Gasteiger partial charge < -0.3 is 24.8 Å². The summed E-state index contributed by atoms with van der Waals surface area (Å²) in [6, 6.07) is 20.7. The molecule has 0 nitrogen and oxygen atoms in total. The van der Waals surface area contributed by atoms with Crippen LogP contribution in [0.3, 0.4) is 0 Å². The summed E-state index contributed by atoms with van der Waals surface area (Å²) in [5.41, 5.74) is 14.4. The number of hydrogen-bond acceptors (Lipinski definition) is 0. The van der Waals surface area contributed by atoms with E-state index in [1.54, 1.807) is 0 Å². The van der Waals surface area contributed by atoms with Gasteiger partial charge in [-0.15, -0.1) is 0 Å². The molecule has 3 aromatic carbocycles. The summed E-state index contributed by atoms with van der Waals surface area (Å²) in [7, 11) is 0. The Morgan fingerprint density at radius 2 is 1.42 bits per heavy atom. The van der Waals surface area contributed by atoms with Crippen molar-refractivity contribution in [3.05, 3.63) is 105 Å². The van der Waals surface area contributed by atoms with Crippen LogP contribution in [0.5, 0.6) is 0 Å². The molecule has 0 unspecified atom stereocenters. The van der Waals surface area contributed by atoms with Crippen molar-refractivity contribution in [3.8, 4) is 11.1 Å². The third kappa shape index (κ3) is 5.24. The normalized spacial score (nSPS) is 14.2. The Bertz CT molecular complexity index is 1570. The van der Waals surface area contributed by atoms with E-state index < -0.39 is 0 Å². The van der Waals surface area contributed by atoms with Crippen molar-refractivity contribution in [1.29, 1.82) is 0 Å². The summed E-state index contributed by atoms with van der Waals surface area (Å²) >= 11 is 1.49. The molecule has 3 heteroatoms. The van der Waals surface area contributed by atoms with Crippen molar-refractivity contribution in [1.82, 2.24) is 0 Å². The Hall–Kier alpha value is -1.66. The maximum absolute atomic E-state index is 2.51. The average molecular weight is 620 g/mol. The number of allylic oxidation sites excluding steroid dienone is 4. The van der Waals surface area contributed by atoms with Crippen molar-refractivity contribution in [3.63, 3.8) is 0 Å². The molecule has 0 aliphatic heterocycles. The molecule has 195 valence electrons. The summed E-state index contributed by atoms with van der Waals surface area (Å²) < 4.78 is 1.51. The standard InChI is InChI=1S/C35H37.2ClH.Zr/c1-22(2)29-21-30-27-18-17-25(34(3,4)5)19-24(27)20-31(30)32(33(29)35(6,7)8)28-16-12-15-26(28)23-13-10-9-11-14-23;;;/h9-15,17-19,21H,16H2,1-8H3;2*1H;/q;;;+2/p-2. The van der Waals surface area contributed by atoms with Crippen LogP contribution in [0.2, 0.25) is 0 Å². The van der Waals surface area contributed by atoms with Crippen LogP contribution in [0.25, 0.3) is 31.1 Å². The van der Waals surface area contributed by atoms with Gasteiger partial charge in [-0.1, -0.05) is 0 Å². The van der Waals surface area contributed by atoms with Gasteiger partial charge in [0, 0.05) is 0 Å². The second kappa shape index (κ2) is 11.1. The van der Waals surface area contributed by atoms with E-state index in [9.17, 15) is 0 Å². The zero-order chi connectivity index (χ0) is 26.0. The number of benzene rings is 3. The van der Waals surface area contributed by atoms with Gasteiger partial charge >= 0.3 is 233 Å². The van der Waals surface area contributed by atoms with Crippen LogP contribution in [0, 0.1) is 0 Å². The molecule has 0 radical (unpaired) electrons. The molecule has 2 aliphatic rings. The van der Waals surface area contributed by atoms with Crippen molar-refractivity contribution in [2.75, 3.05) is 0 Å². The van der Waals surface area contributed by atoms with Gasteiger partial charge in [0.15, 0.2) is 0 Å². The van der Waals surface area contributed by atoms with E-state index >= 15 is 0 Å². The molecule has 0 bridgehead atoms.